The van der Waals surface area contributed by atoms with Crippen molar-refractivity contribution < 1.29 is 9.59 Å². The van der Waals surface area contributed by atoms with Crippen molar-refractivity contribution in [2.24, 2.45) is 0 Å². The summed E-state index contributed by atoms with van der Waals surface area (Å²) in [5.74, 6) is -0.241. The number of nitrogens with zero attached hydrogens (tertiary/aromatic N) is 2. The third kappa shape index (κ3) is 3.85. The summed E-state index contributed by atoms with van der Waals surface area (Å²) in [6.45, 7) is 0. The highest BCUT2D eigenvalue weighted by atomic mass is 16.2. The molecule has 140 valence electrons. The number of carbonyl (C=O) groups is 2. The zero-order valence-corrected chi connectivity index (χ0v) is 15.4. The lowest BCUT2D eigenvalue weighted by Gasteiger charge is -2.35. The molecule has 0 aliphatic carbocycles. The fourth-order valence-corrected chi connectivity index (χ4v) is 4.14. The van der Waals surface area contributed by atoms with Gasteiger partial charge >= 0.3 is 0 Å². The van der Waals surface area contributed by atoms with E-state index in [-0.39, 0.29) is 17.9 Å². The zero-order chi connectivity index (χ0) is 18.8. The number of hydrogen-bond acceptors (Lipinski definition) is 4. The second-order valence-electron chi connectivity index (χ2n) is 7.46. The first-order valence-electron chi connectivity index (χ1n) is 9.45. The SMILES string of the molecule is CN(C(=O)c1cccc(NC(=O)c2cccnc2)c1)C1CC2CCC(C1)N2. The van der Waals surface area contributed by atoms with Crippen LogP contribution in [0.1, 0.15) is 46.4 Å². The number of benzene rings is 1. The molecule has 2 aromatic rings. The summed E-state index contributed by atoms with van der Waals surface area (Å²) in [4.78, 5) is 31.1. The molecule has 2 saturated heterocycles. The molecule has 0 spiro atoms. The number of aromatic nitrogens is 1. The molecule has 2 N–H and O–H groups in total. The number of amides is 2. The van der Waals surface area contributed by atoms with Crippen LogP contribution in [0.5, 0.6) is 0 Å². The maximum Gasteiger partial charge on any atom is 0.257 e. The molecule has 3 heterocycles. The highest BCUT2D eigenvalue weighted by Gasteiger charge is 2.36. The van der Waals surface area contributed by atoms with Gasteiger partial charge in [0.2, 0.25) is 0 Å². The van der Waals surface area contributed by atoms with Gasteiger partial charge in [-0.1, -0.05) is 6.07 Å². The standard InChI is InChI=1S/C21H24N4O2/c1-25(19-11-17-7-8-18(12-19)23-17)21(27)14-4-2-6-16(10-14)24-20(26)15-5-3-9-22-13-15/h2-6,9-10,13,17-19,23H,7-8,11-12H2,1H3,(H,24,26). The van der Waals surface area contributed by atoms with E-state index in [1.54, 1.807) is 42.6 Å². The summed E-state index contributed by atoms with van der Waals surface area (Å²) >= 11 is 0. The normalized spacial score (nSPS) is 23.7. The van der Waals surface area contributed by atoms with Gasteiger partial charge in [0, 0.05) is 48.8 Å². The lowest BCUT2D eigenvalue weighted by Crippen LogP contribution is -2.48. The Hall–Kier alpha value is -2.73. The minimum Gasteiger partial charge on any atom is -0.339 e. The Balaban J connectivity index is 1.45. The number of nitrogens with one attached hydrogen (secondary N) is 2. The molecule has 2 atom stereocenters. The predicted molar refractivity (Wildman–Crippen MR) is 104 cm³/mol. The minimum absolute atomic E-state index is 0.00113. The van der Waals surface area contributed by atoms with Gasteiger partial charge in [-0.2, -0.15) is 0 Å². The van der Waals surface area contributed by atoms with Crippen molar-refractivity contribution >= 4 is 17.5 Å². The van der Waals surface area contributed by atoms with Gasteiger partial charge in [0.25, 0.3) is 11.8 Å². The Labute approximate surface area is 159 Å². The van der Waals surface area contributed by atoms with Crippen LogP contribution in [0.4, 0.5) is 5.69 Å². The van der Waals surface area contributed by atoms with E-state index in [1.165, 1.54) is 19.0 Å². The average Bonchev–Trinajstić information content (AvgIpc) is 3.05. The predicted octanol–water partition coefficient (Wildman–Crippen LogP) is 2.69. The van der Waals surface area contributed by atoms with E-state index < -0.39 is 0 Å². The molecule has 2 amide bonds. The Morgan fingerprint density at radius 2 is 1.85 bits per heavy atom. The van der Waals surface area contributed by atoms with Gasteiger partial charge in [-0.25, -0.2) is 0 Å². The lowest BCUT2D eigenvalue weighted by molar-refractivity contribution is 0.0681. The van der Waals surface area contributed by atoms with Gasteiger partial charge in [-0.05, 0) is 56.0 Å². The van der Waals surface area contributed by atoms with Gasteiger partial charge in [0.15, 0.2) is 0 Å². The number of piperidine rings is 1. The van der Waals surface area contributed by atoms with Crippen LogP contribution in [0.15, 0.2) is 48.8 Å². The summed E-state index contributed by atoms with van der Waals surface area (Å²) in [6.07, 6.45) is 7.58. The highest BCUT2D eigenvalue weighted by molar-refractivity contribution is 6.04. The fourth-order valence-electron chi connectivity index (χ4n) is 4.14. The summed E-state index contributed by atoms with van der Waals surface area (Å²) in [5.41, 5.74) is 1.68. The van der Waals surface area contributed by atoms with Crippen molar-refractivity contribution in [3.05, 3.63) is 59.9 Å². The molecule has 4 rings (SSSR count). The third-order valence-corrected chi connectivity index (χ3v) is 5.61. The van der Waals surface area contributed by atoms with E-state index in [9.17, 15) is 9.59 Å². The molecule has 0 radical (unpaired) electrons. The number of anilines is 1. The largest absolute Gasteiger partial charge is 0.339 e. The Morgan fingerprint density at radius 3 is 2.56 bits per heavy atom. The molecular formula is C21H24N4O2. The van der Waals surface area contributed by atoms with Crippen molar-refractivity contribution in [3.8, 4) is 0 Å². The Morgan fingerprint density at radius 1 is 1.11 bits per heavy atom. The molecule has 2 aliphatic rings. The zero-order valence-electron chi connectivity index (χ0n) is 15.4. The van der Waals surface area contributed by atoms with Gasteiger partial charge in [0.05, 0.1) is 5.56 Å². The summed E-state index contributed by atoms with van der Waals surface area (Å²) < 4.78 is 0. The highest BCUT2D eigenvalue weighted by Crippen LogP contribution is 2.30. The molecule has 6 nitrogen and oxygen atoms in total. The molecule has 2 unspecified atom stereocenters. The maximum absolute atomic E-state index is 13.0. The van der Waals surface area contributed by atoms with Crippen molar-refractivity contribution in [2.75, 3.05) is 12.4 Å². The number of carbonyl (C=O) groups excluding carboxylic acids is 2. The molecule has 0 saturated carbocycles. The van der Waals surface area contributed by atoms with E-state index in [1.807, 2.05) is 11.9 Å². The van der Waals surface area contributed by atoms with E-state index >= 15 is 0 Å². The number of pyridine rings is 1. The van der Waals surface area contributed by atoms with E-state index in [4.69, 9.17) is 0 Å². The van der Waals surface area contributed by atoms with Crippen molar-refractivity contribution in [1.29, 1.82) is 0 Å². The van der Waals surface area contributed by atoms with Crippen molar-refractivity contribution in [1.82, 2.24) is 15.2 Å². The van der Waals surface area contributed by atoms with Crippen LogP contribution < -0.4 is 10.6 Å². The molecule has 2 bridgehead atoms. The van der Waals surface area contributed by atoms with Gasteiger partial charge in [-0.15, -0.1) is 0 Å². The summed E-state index contributed by atoms with van der Waals surface area (Å²) in [7, 11) is 1.89. The van der Waals surface area contributed by atoms with E-state index in [0.717, 1.165) is 12.8 Å². The molecule has 27 heavy (non-hydrogen) atoms. The topological polar surface area (TPSA) is 74.3 Å². The van der Waals surface area contributed by atoms with Crippen molar-refractivity contribution in [2.45, 2.75) is 43.8 Å². The molecular weight excluding hydrogens is 340 g/mol. The van der Waals surface area contributed by atoms with Gasteiger partial charge in [0.1, 0.15) is 0 Å². The molecule has 1 aromatic carbocycles. The first-order chi connectivity index (χ1) is 13.1. The lowest BCUT2D eigenvalue weighted by atomic mass is 9.98. The number of hydrogen-bond donors (Lipinski definition) is 2. The van der Waals surface area contributed by atoms with Crippen molar-refractivity contribution in [3.63, 3.8) is 0 Å². The van der Waals surface area contributed by atoms with E-state index in [2.05, 4.69) is 15.6 Å². The van der Waals surface area contributed by atoms with Crippen LogP contribution in [-0.4, -0.2) is 46.9 Å². The van der Waals surface area contributed by atoms with Crippen LogP contribution in [0.3, 0.4) is 0 Å². The average molecular weight is 364 g/mol. The second-order valence-corrected chi connectivity index (χ2v) is 7.46. The quantitative estimate of drug-likeness (QED) is 0.875. The monoisotopic (exact) mass is 364 g/mol. The van der Waals surface area contributed by atoms with E-state index in [0.29, 0.717) is 28.9 Å². The van der Waals surface area contributed by atoms with Crippen LogP contribution in [-0.2, 0) is 0 Å². The minimum atomic E-state index is -0.240. The number of fused-ring (bicyclic) bond motifs is 2. The van der Waals surface area contributed by atoms with Gasteiger partial charge in [-0.3, -0.25) is 14.6 Å². The smallest absolute Gasteiger partial charge is 0.257 e. The third-order valence-electron chi connectivity index (χ3n) is 5.61. The molecule has 2 aliphatic heterocycles. The first-order valence-corrected chi connectivity index (χ1v) is 9.45. The fraction of sp³-hybridized carbons (Fsp3) is 0.381. The molecule has 1 aromatic heterocycles. The molecule has 6 heteroatoms. The van der Waals surface area contributed by atoms with Crippen LogP contribution in [0.2, 0.25) is 0 Å². The second kappa shape index (κ2) is 7.48. The molecule has 2 fully saturated rings. The number of rotatable bonds is 4. The van der Waals surface area contributed by atoms with Crippen LogP contribution in [0.25, 0.3) is 0 Å². The first kappa shape index (κ1) is 17.7. The summed E-state index contributed by atoms with van der Waals surface area (Å²) in [5, 5.41) is 6.45. The summed E-state index contributed by atoms with van der Waals surface area (Å²) in [6, 6.07) is 11.9. The van der Waals surface area contributed by atoms with Crippen LogP contribution in [0, 0.1) is 0 Å². The maximum atomic E-state index is 13.0. The van der Waals surface area contributed by atoms with Crippen LogP contribution >= 0.6 is 0 Å². The Kier molecular flexibility index (Phi) is 4.90. The Bertz CT molecular complexity index is 827. The van der Waals surface area contributed by atoms with Gasteiger partial charge < -0.3 is 15.5 Å².